The summed E-state index contributed by atoms with van der Waals surface area (Å²) < 4.78 is 11.6. The molecule has 31 heavy (non-hydrogen) atoms. The number of carbonyl (C=O) groups excluding carboxylic acids is 2. The third kappa shape index (κ3) is 5.83. The van der Waals surface area contributed by atoms with Crippen LogP contribution in [0.1, 0.15) is 34.6 Å². The molecule has 7 nitrogen and oxygen atoms in total. The SMILES string of the molecule is CO[C@H]1CN(C)C(=O)c2cc(NC(=O)c3ccccc3)ccc2OC[C@@H](C)NC[C@@H]1C. The second-order valence-corrected chi connectivity index (χ2v) is 8.09. The van der Waals surface area contributed by atoms with Crippen LogP contribution in [0.3, 0.4) is 0 Å². The zero-order chi connectivity index (χ0) is 22.4. The first kappa shape index (κ1) is 22.8. The van der Waals surface area contributed by atoms with Crippen LogP contribution in [0.4, 0.5) is 5.69 Å². The van der Waals surface area contributed by atoms with Gasteiger partial charge in [0.1, 0.15) is 12.4 Å². The Labute approximate surface area is 183 Å². The lowest BCUT2D eigenvalue weighted by molar-refractivity contribution is 0.0281. The minimum absolute atomic E-state index is 0.0987. The number of amides is 2. The van der Waals surface area contributed by atoms with Crippen LogP contribution in [0.15, 0.2) is 48.5 Å². The summed E-state index contributed by atoms with van der Waals surface area (Å²) >= 11 is 0. The second kappa shape index (κ2) is 10.4. The number of ether oxygens (including phenoxy) is 2. The maximum Gasteiger partial charge on any atom is 0.257 e. The molecule has 0 bridgehead atoms. The average molecular weight is 426 g/mol. The zero-order valence-electron chi connectivity index (χ0n) is 18.6. The Bertz CT molecular complexity index is 903. The lowest BCUT2D eigenvalue weighted by atomic mass is 10.0. The average Bonchev–Trinajstić information content (AvgIpc) is 2.79. The van der Waals surface area contributed by atoms with Crippen molar-refractivity contribution in [2.75, 3.05) is 39.2 Å². The van der Waals surface area contributed by atoms with Gasteiger partial charge in [0.15, 0.2) is 0 Å². The van der Waals surface area contributed by atoms with Gasteiger partial charge >= 0.3 is 0 Å². The Morgan fingerprint density at radius 3 is 2.65 bits per heavy atom. The maximum absolute atomic E-state index is 13.3. The minimum atomic E-state index is -0.235. The number of hydrogen-bond acceptors (Lipinski definition) is 5. The predicted octanol–water partition coefficient (Wildman–Crippen LogP) is 3.03. The Balaban J connectivity index is 1.88. The largest absolute Gasteiger partial charge is 0.491 e. The number of nitrogens with zero attached hydrogens (tertiary/aromatic N) is 1. The van der Waals surface area contributed by atoms with E-state index in [-0.39, 0.29) is 29.9 Å². The molecule has 2 aromatic carbocycles. The summed E-state index contributed by atoms with van der Waals surface area (Å²) in [5, 5.41) is 6.33. The van der Waals surface area contributed by atoms with E-state index in [4.69, 9.17) is 9.47 Å². The van der Waals surface area contributed by atoms with Crippen LogP contribution in [0.2, 0.25) is 0 Å². The highest BCUT2D eigenvalue weighted by Crippen LogP contribution is 2.26. The van der Waals surface area contributed by atoms with Gasteiger partial charge in [-0.1, -0.05) is 25.1 Å². The summed E-state index contributed by atoms with van der Waals surface area (Å²) in [6.45, 7) is 5.78. The molecule has 2 N–H and O–H groups in total. The van der Waals surface area contributed by atoms with Crippen LogP contribution in [0.5, 0.6) is 5.75 Å². The molecule has 0 saturated carbocycles. The molecule has 1 aliphatic heterocycles. The quantitative estimate of drug-likeness (QED) is 0.790. The van der Waals surface area contributed by atoms with Crippen molar-refractivity contribution in [2.45, 2.75) is 26.0 Å². The smallest absolute Gasteiger partial charge is 0.257 e. The predicted molar refractivity (Wildman–Crippen MR) is 121 cm³/mol. The van der Waals surface area contributed by atoms with Crippen LogP contribution in [0.25, 0.3) is 0 Å². The van der Waals surface area contributed by atoms with Gasteiger partial charge in [-0.15, -0.1) is 0 Å². The number of benzene rings is 2. The summed E-state index contributed by atoms with van der Waals surface area (Å²) in [4.78, 5) is 27.4. The Kier molecular flexibility index (Phi) is 7.65. The van der Waals surface area contributed by atoms with Crippen molar-refractivity contribution in [3.63, 3.8) is 0 Å². The van der Waals surface area contributed by atoms with E-state index >= 15 is 0 Å². The van der Waals surface area contributed by atoms with Gasteiger partial charge in [-0.25, -0.2) is 0 Å². The van der Waals surface area contributed by atoms with E-state index in [1.165, 1.54) is 0 Å². The Morgan fingerprint density at radius 2 is 1.94 bits per heavy atom. The van der Waals surface area contributed by atoms with Crippen molar-refractivity contribution < 1.29 is 19.1 Å². The number of fused-ring (bicyclic) bond motifs is 1. The molecule has 166 valence electrons. The molecule has 0 aromatic heterocycles. The monoisotopic (exact) mass is 425 g/mol. The van der Waals surface area contributed by atoms with E-state index in [1.54, 1.807) is 49.4 Å². The number of methoxy groups -OCH3 is 1. The van der Waals surface area contributed by atoms with Crippen LogP contribution in [-0.4, -0.2) is 62.7 Å². The number of hydrogen-bond donors (Lipinski definition) is 2. The Morgan fingerprint density at radius 1 is 1.19 bits per heavy atom. The van der Waals surface area contributed by atoms with Crippen molar-refractivity contribution in [3.05, 3.63) is 59.7 Å². The first-order valence-corrected chi connectivity index (χ1v) is 10.5. The molecule has 0 spiro atoms. The van der Waals surface area contributed by atoms with E-state index < -0.39 is 0 Å². The number of likely N-dealkylation sites (N-methyl/N-ethyl adjacent to an activating group) is 1. The standard InChI is InChI=1S/C24H31N3O4/c1-16-13-25-17(2)15-31-21-11-10-19(26-23(28)18-8-6-5-7-9-18)12-20(21)24(29)27(3)14-22(16)30-4/h5-12,16-17,22,25H,13-15H2,1-4H3,(H,26,28)/t16-,17+,22-/m0/s1. The molecule has 7 heteroatoms. The van der Waals surface area contributed by atoms with Crippen LogP contribution in [0, 0.1) is 5.92 Å². The fourth-order valence-electron chi connectivity index (χ4n) is 3.53. The van der Waals surface area contributed by atoms with Crippen molar-refractivity contribution in [3.8, 4) is 5.75 Å². The van der Waals surface area contributed by atoms with Crippen molar-refractivity contribution in [1.29, 1.82) is 0 Å². The van der Waals surface area contributed by atoms with Gasteiger partial charge in [0.25, 0.3) is 11.8 Å². The molecule has 0 saturated heterocycles. The zero-order valence-corrected chi connectivity index (χ0v) is 18.6. The molecule has 1 heterocycles. The summed E-state index contributed by atoms with van der Waals surface area (Å²) in [6.07, 6.45) is -0.0987. The van der Waals surface area contributed by atoms with Crippen molar-refractivity contribution in [2.24, 2.45) is 5.92 Å². The molecule has 2 amide bonds. The molecule has 0 radical (unpaired) electrons. The highest BCUT2D eigenvalue weighted by Gasteiger charge is 2.25. The van der Waals surface area contributed by atoms with Gasteiger partial charge < -0.3 is 25.0 Å². The highest BCUT2D eigenvalue weighted by molar-refractivity contribution is 6.05. The number of anilines is 1. The molecule has 0 fully saturated rings. The molecule has 1 aliphatic rings. The molecular weight excluding hydrogens is 394 g/mol. The third-order valence-electron chi connectivity index (χ3n) is 5.52. The Hall–Kier alpha value is -2.90. The summed E-state index contributed by atoms with van der Waals surface area (Å²) in [5.41, 5.74) is 1.49. The number of nitrogens with one attached hydrogen (secondary N) is 2. The van der Waals surface area contributed by atoms with E-state index in [0.29, 0.717) is 35.7 Å². The second-order valence-electron chi connectivity index (χ2n) is 8.09. The van der Waals surface area contributed by atoms with Crippen LogP contribution >= 0.6 is 0 Å². The molecular formula is C24H31N3O4. The lowest BCUT2D eigenvalue weighted by Gasteiger charge is -2.30. The fraction of sp³-hybridized carbons (Fsp3) is 0.417. The van der Waals surface area contributed by atoms with E-state index in [9.17, 15) is 9.59 Å². The fourth-order valence-corrected chi connectivity index (χ4v) is 3.53. The first-order valence-electron chi connectivity index (χ1n) is 10.5. The van der Waals surface area contributed by atoms with Gasteiger partial charge in [-0.3, -0.25) is 9.59 Å². The topological polar surface area (TPSA) is 79.9 Å². The lowest BCUT2D eigenvalue weighted by Crippen LogP contribution is -2.44. The third-order valence-corrected chi connectivity index (χ3v) is 5.52. The van der Waals surface area contributed by atoms with Gasteiger partial charge in [0, 0.05) is 44.5 Å². The van der Waals surface area contributed by atoms with Gasteiger partial charge in [-0.2, -0.15) is 0 Å². The molecule has 0 unspecified atom stereocenters. The van der Waals surface area contributed by atoms with Crippen molar-refractivity contribution >= 4 is 17.5 Å². The van der Waals surface area contributed by atoms with Crippen LogP contribution < -0.4 is 15.4 Å². The molecule has 3 rings (SSSR count). The van der Waals surface area contributed by atoms with E-state index in [1.807, 2.05) is 25.1 Å². The first-order chi connectivity index (χ1) is 14.9. The van der Waals surface area contributed by atoms with E-state index in [0.717, 1.165) is 6.54 Å². The number of rotatable bonds is 3. The van der Waals surface area contributed by atoms with Gasteiger partial charge in [0.05, 0.1) is 11.7 Å². The van der Waals surface area contributed by atoms with E-state index in [2.05, 4.69) is 17.6 Å². The van der Waals surface area contributed by atoms with Crippen LogP contribution in [-0.2, 0) is 4.74 Å². The molecule has 2 aromatic rings. The normalized spacial score (nSPS) is 22.5. The molecule has 0 aliphatic carbocycles. The summed E-state index contributed by atoms with van der Waals surface area (Å²) in [5.74, 6) is 0.298. The van der Waals surface area contributed by atoms with Gasteiger partial charge in [-0.05, 0) is 43.2 Å². The van der Waals surface area contributed by atoms with Gasteiger partial charge in [0.2, 0.25) is 0 Å². The number of carbonyl (C=O) groups is 2. The summed E-state index contributed by atoms with van der Waals surface area (Å²) in [7, 11) is 3.42. The summed E-state index contributed by atoms with van der Waals surface area (Å²) in [6, 6.07) is 14.2. The molecule has 3 atom stereocenters. The van der Waals surface area contributed by atoms with Crippen molar-refractivity contribution in [1.82, 2.24) is 10.2 Å². The maximum atomic E-state index is 13.3. The minimum Gasteiger partial charge on any atom is -0.491 e. The highest BCUT2D eigenvalue weighted by atomic mass is 16.5.